The van der Waals surface area contributed by atoms with Gasteiger partial charge in [-0.1, -0.05) is 18.2 Å². The number of nitrogens with zero attached hydrogens (tertiary/aromatic N) is 1. The van der Waals surface area contributed by atoms with Gasteiger partial charge in [0.15, 0.2) is 0 Å². The maximum atomic E-state index is 11.0. The van der Waals surface area contributed by atoms with Gasteiger partial charge in [0.2, 0.25) is 0 Å². The minimum absolute atomic E-state index is 0.0706. The molecule has 2 aromatic carbocycles. The fourth-order valence-corrected chi connectivity index (χ4v) is 1.93. The Morgan fingerprint density at radius 2 is 1.71 bits per heavy atom. The summed E-state index contributed by atoms with van der Waals surface area (Å²) in [7, 11) is 3.15. The second-order valence-electron chi connectivity index (χ2n) is 4.26. The molecular weight excluding hydrogens is 270 g/mol. The number of rotatable bonds is 5. The van der Waals surface area contributed by atoms with Gasteiger partial charge in [-0.15, -0.1) is 0 Å². The predicted molar refractivity (Wildman–Crippen MR) is 81.6 cm³/mol. The molecule has 0 aliphatic rings. The molecule has 2 rings (SSSR count). The van der Waals surface area contributed by atoms with Gasteiger partial charge in [-0.2, -0.15) is 0 Å². The van der Waals surface area contributed by atoms with Crippen LogP contribution in [0.25, 0.3) is 12.2 Å². The number of hydrogen-bond donors (Lipinski definition) is 0. The monoisotopic (exact) mass is 285 g/mol. The Morgan fingerprint density at radius 3 is 2.38 bits per heavy atom. The van der Waals surface area contributed by atoms with E-state index in [1.807, 2.05) is 12.1 Å². The van der Waals surface area contributed by atoms with Crippen LogP contribution in [0.15, 0.2) is 42.5 Å². The van der Waals surface area contributed by atoms with Crippen molar-refractivity contribution in [2.24, 2.45) is 0 Å². The molecule has 0 fully saturated rings. The Kier molecular flexibility index (Phi) is 4.56. The summed E-state index contributed by atoms with van der Waals surface area (Å²) in [5.41, 5.74) is 1.43. The molecule has 0 aromatic heterocycles. The Morgan fingerprint density at radius 1 is 1.00 bits per heavy atom. The number of nitro groups is 1. The molecule has 0 bridgehead atoms. The highest BCUT2D eigenvalue weighted by atomic mass is 16.6. The molecule has 0 saturated carbocycles. The minimum Gasteiger partial charge on any atom is -0.497 e. The number of methoxy groups -OCH3 is 2. The summed E-state index contributed by atoms with van der Waals surface area (Å²) in [6.45, 7) is 0. The zero-order valence-electron chi connectivity index (χ0n) is 11.8. The number of ether oxygens (including phenoxy) is 2. The third-order valence-corrected chi connectivity index (χ3v) is 3.02. The number of benzene rings is 2. The van der Waals surface area contributed by atoms with Crippen LogP contribution >= 0.6 is 0 Å². The van der Waals surface area contributed by atoms with Crippen LogP contribution < -0.4 is 9.47 Å². The highest BCUT2D eigenvalue weighted by molar-refractivity contribution is 5.76. The molecule has 0 amide bonds. The normalized spacial score (nSPS) is 10.6. The van der Waals surface area contributed by atoms with Crippen molar-refractivity contribution in [3.8, 4) is 11.5 Å². The first-order valence-corrected chi connectivity index (χ1v) is 6.29. The van der Waals surface area contributed by atoms with Gasteiger partial charge in [0, 0.05) is 17.7 Å². The van der Waals surface area contributed by atoms with E-state index in [9.17, 15) is 10.1 Å². The van der Waals surface area contributed by atoms with Crippen molar-refractivity contribution in [3.63, 3.8) is 0 Å². The maximum Gasteiger partial charge on any atom is 0.276 e. The minimum atomic E-state index is -0.398. The fraction of sp³-hybridized carbons (Fsp3) is 0.125. The summed E-state index contributed by atoms with van der Waals surface area (Å²) >= 11 is 0. The standard InChI is InChI=1S/C16H15NO4/c1-20-14-10-9-13(16(11-14)21-2)8-7-12-5-3-4-6-15(12)17(18)19/h3-11H,1-2H3/b8-7+. The van der Waals surface area contributed by atoms with E-state index in [0.29, 0.717) is 17.1 Å². The van der Waals surface area contributed by atoms with Crippen LogP contribution in [0.4, 0.5) is 5.69 Å². The van der Waals surface area contributed by atoms with E-state index in [1.54, 1.807) is 50.6 Å². The van der Waals surface area contributed by atoms with Crippen molar-refractivity contribution >= 4 is 17.8 Å². The molecule has 5 nitrogen and oxygen atoms in total. The van der Waals surface area contributed by atoms with Crippen LogP contribution in [0.3, 0.4) is 0 Å². The van der Waals surface area contributed by atoms with Crippen LogP contribution in [-0.2, 0) is 0 Å². The zero-order chi connectivity index (χ0) is 15.2. The van der Waals surface area contributed by atoms with E-state index in [2.05, 4.69) is 0 Å². The molecule has 0 heterocycles. The molecule has 0 atom stereocenters. The molecular formula is C16H15NO4. The van der Waals surface area contributed by atoms with E-state index in [0.717, 1.165) is 5.56 Å². The van der Waals surface area contributed by atoms with Crippen molar-refractivity contribution in [2.45, 2.75) is 0 Å². The van der Waals surface area contributed by atoms with Gasteiger partial charge in [0.25, 0.3) is 5.69 Å². The average Bonchev–Trinajstić information content (AvgIpc) is 2.52. The lowest BCUT2D eigenvalue weighted by Crippen LogP contribution is -1.91. The van der Waals surface area contributed by atoms with Gasteiger partial charge in [-0.3, -0.25) is 10.1 Å². The summed E-state index contributed by atoms with van der Waals surface area (Å²) < 4.78 is 10.4. The summed E-state index contributed by atoms with van der Waals surface area (Å²) in [6, 6.07) is 12.0. The molecule has 5 heteroatoms. The smallest absolute Gasteiger partial charge is 0.276 e. The Bertz CT molecular complexity index is 680. The van der Waals surface area contributed by atoms with Gasteiger partial charge >= 0.3 is 0 Å². The molecule has 0 aliphatic carbocycles. The first-order valence-electron chi connectivity index (χ1n) is 6.29. The van der Waals surface area contributed by atoms with Gasteiger partial charge in [-0.05, 0) is 24.3 Å². The summed E-state index contributed by atoms with van der Waals surface area (Å²) in [5.74, 6) is 1.33. The number of para-hydroxylation sites is 1. The Labute approximate surface area is 122 Å². The van der Waals surface area contributed by atoms with E-state index >= 15 is 0 Å². The van der Waals surface area contributed by atoms with Crippen LogP contribution in [0, 0.1) is 10.1 Å². The van der Waals surface area contributed by atoms with E-state index in [1.165, 1.54) is 6.07 Å². The van der Waals surface area contributed by atoms with Crippen molar-refractivity contribution < 1.29 is 14.4 Å². The van der Waals surface area contributed by atoms with E-state index in [-0.39, 0.29) is 5.69 Å². The fourth-order valence-electron chi connectivity index (χ4n) is 1.93. The van der Waals surface area contributed by atoms with Crippen LogP contribution in [0.2, 0.25) is 0 Å². The van der Waals surface area contributed by atoms with Gasteiger partial charge in [0.1, 0.15) is 11.5 Å². The molecule has 0 saturated heterocycles. The second-order valence-corrected chi connectivity index (χ2v) is 4.26. The van der Waals surface area contributed by atoms with E-state index < -0.39 is 4.92 Å². The predicted octanol–water partition coefficient (Wildman–Crippen LogP) is 3.78. The van der Waals surface area contributed by atoms with E-state index in [4.69, 9.17) is 9.47 Å². The van der Waals surface area contributed by atoms with Crippen LogP contribution in [0.1, 0.15) is 11.1 Å². The molecule has 0 unspecified atom stereocenters. The molecule has 0 spiro atoms. The zero-order valence-corrected chi connectivity index (χ0v) is 11.8. The molecule has 0 N–H and O–H groups in total. The summed E-state index contributed by atoms with van der Waals surface area (Å²) in [6.07, 6.45) is 3.48. The van der Waals surface area contributed by atoms with Crippen molar-refractivity contribution in [1.82, 2.24) is 0 Å². The number of hydrogen-bond acceptors (Lipinski definition) is 4. The quantitative estimate of drug-likeness (QED) is 0.476. The highest BCUT2D eigenvalue weighted by Gasteiger charge is 2.09. The molecule has 2 aromatic rings. The lowest BCUT2D eigenvalue weighted by molar-refractivity contribution is -0.385. The highest BCUT2D eigenvalue weighted by Crippen LogP contribution is 2.27. The lowest BCUT2D eigenvalue weighted by atomic mass is 10.1. The third kappa shape index (κ3) is 3.39. The van der Waals surface area contributed by atoms with Gasteiger partial charge < -0.3 is 9.47 Å². The molecule has 0 radical (unpaired) electrons. The largest absolute Gasteiger partial charge is 0.497 e. The topological polar surface area (TPSA) is 61.6 Å². The summed E-state index contributed by atoms with van der Waals surface area (Å²) in [4.78, 5) is 10.6. The maximum absolute atomic E-state index is 11.0. The third-order valence-electron chi connectivity index (χ3n) is 3.02. The SMILES string of the molecule is COc1ccc(/C=C/c2ccccc2[N+](=O)[O-])c(OC)c1. The van der Waals surface area contributed by atoms with Crippen molar-refractivity contribution in [3.05, 3.63) is 63.7 Å². The first-order chi connectivity index (χ1) is 10.2. The second kappa shape index (κ2) is 6.56. The molecule has 0 aliphatic heterocycles. The molecule has 108 valence electrons. The van der Waals surface area contributed by atoms with Crippen LogP contribution in [-0.4, -0.2) is 19.1 Å². The lowest BCUT2D eigenvalue weighted by Gasteiger charge is -2.07. The number of nitro benzene ring substituents is 1. The van der Waals surface area contributed by atoms with Crippen molar-refractivity contribution in [2.75, 3.05) is 14.2 Å². The Hall–Kier alpha value is -2.82. The first kappa shape index (κ1) is 14.6. The van der Waals surface area contributed by atoms with Gasteiger partial charge in [-0.25, -0.2) is 0 Å². The van der Waals surface area contributed by atoms with Crippen molar-refractivity contribution in [1.29, 1.82) is 0 Å². The van der Waals surface area contributed by atoms with Gasteiger partial charge in [0.05, 0.1) is 24.7 Å². The van der Waals surface area contributed by atoms with Crippen LogP contribution in [0.5, 0.6) is 11.5 Å². The molecule has 21 heavy (non-hydrogen) atoms. The summed E-state index contributed by atoms with van der Waals surface area (Å²) in [5, 5.41) is 11.0. The Balaban J connectivity index is 2.36. The average molecular weight is 285 g/mol.